The summed E-state index contributed by atoms with van der Waals surface area (Å²) in [7, 11) is 0. The molecule has 0 aliphatic carbocycles. The van der Waals surface area contributed by atoms with E-state index in [1.807, 2.05) is 0 Å². The first-order valence-electron chi connectivity index (χ1n) is 5.66. The van der Waals surface area contributed by atoms with Gasteiger partial charge in [0.15, 0.2) is 11.9 Å². The van der Waals surface area contributed by atoms with Crippen molar-refractivity contribution < 1.29 is 20.1 Å². The molecule has 9 nitrogen and oxygen atoms in total. The van der Waals surface area contributed by atoms with E-state index < -0.39 is 36.8 Å². The first-order valence-corrected chi connectivity index (χ1v) is 5.66. The number of nitrogens with zero attached hydrogens (tertiary/aromatic N) is 3. The highest BCUT2D eigenvalue weighted by Crippen LogP contribution is 2.29. The molecule has 3 heterocycles. The van der Waals surface area contributed by atoms with Crippen molar-refractivity contribution in [3.05, 3.63) is 23.0 Å². The number of aliphatic hydroxyl groups is 3. The number of rotatable bonds is 2. The normalized spacial score (nSPS) is 31.1. The summed E-state index contributed by atoms with van der Waals surface area (Å²) in [5.74, 6) is 0. The Kier molecular flexibility index (Phi) is 2.82. The lowest BCUT2D eigenvalue weighted by Crippen LogP contribution is -2.34. The monoisotopic (exact) mass is 268 g/mol. The van der Waals surface area contributed by atoms with E-state index >= 15 is 0 Å². The molecule has 4 N–H and O–H groups in total. The van der Waals surface area contributed by atoms with Crippen molar-refractivity contribution in [1.29, 1.82) is 0 Å². The Morgan fingerprint density at radius 2 is 2.21 bits per heavy atom. The molecular formula is C10H12N4O5. The molecule has 1 aliphatic rings. The zero-order valence-electron chi connectivity index (χ0n) is 9.67. The largest absolute Gasteiger partial charge is 0.394 e. The molecule has 0 spiro atoms. The number of H-pyrrole nitrogens is 1. The molecule has 0 bridgehead atoms. The van der Waals surface area contributed by atoms with Gasteiger partial charge >= 0.3 is 5.69 Å². The van der Waals surface area contributed by atoms with Gasteiger partial charge in [0.1, 0.15) is 30.2 Å². The van der Waals surface area contributed by atoms with E-state index in [1.165, 1.54) is 12.5 Å². The summed E-state index contributed by atoms with van der Waals surface area (Å²) in [5.41, 5.74) is 0.116. The molecule has 2 aromatic rings. The standard InChI is InChI=1S/C10H12N4O5/c15-2-5-6(16)7(17)9(19-5)14-8-4(13-10(14)18)1-11-3-12-8/h1,3,5-7,9,15-17H,2H2,(H,13,18)/t5-,6-,7-,9?/m1/s1. The van der Waals surface area contributed by atoms with E-state index in [1.54, 1.807) is 0 Å². The first kappa shape index (κ1) is 12.2. The van der Waals surface area contributed by atoms with Crippen molar-refractivity contribution in [2.75, 3.05) is 6.61 Å². The van der Waals surface area contributed by atoms with Crippen LogP contribution in [0.5, 0.6) is 0 Å². The molecule has 2 aromatic heterocycles. The number of nitrogens with one attached hydrogen (secondary N) is 1. The van der Waals surface area contributed by atoms with Crippen LogP contribution < -0.4 is 5.69 Å². The topological polar surface area (TPSA) is 133 Å². The van der Waals surface area contributed by atoms with Gasteiger partial charge < -0.3 is 25.0 Å². The molecule has 0 saturated carbocycles. The van der Waals surface area contributed by atoms with E-state index in [0.29, 0.717) is 5.52 Å². The smallest absolute Gasteiger partial charge is 0.329 e. The average molecular weight is 268 g/mol. The predicted molar refractivity (Wildman–Crippen MR) is 61.2 cm³/mol. The average Bonchev–Trinajstić information content (AvgIpc) is 2.88. The SMILES string of the molecule is O=c1[nH]c2cncnc2n1C1O[C@H](CO)[C@@H](O)[C@H]1O. The van der Waals surface area contributed by atoms with E-state index in [9.17, 15) is 15.0 Å². The second-order valence-corrected chi connectivity index (χ2v) is 4.29. The summed E-state index contributed by atoms with van der Waals surface area (Å²) in [6.45, 7) is -0.458. The molecule has 1 unspecified atom stereocenters. The zero-order chi connectivity index (χ0) is 13.6. The fourth-order valence-electron chi connectivity index (χ4n) is 2.20. The van der Waals surface area contributed by atoms with Crippen LogP contribution in [0.15, 0.2) is 17.3 Å². The molecule has 9 heteroatoms. The van der Waals surface area contributed by atoms with Gasteiger partial charge in [-0.05, 0) is 0 Å². The van der Waals surface area contributed by atoms with Gasteiger partial charge in [0.05, 0.1) is 12.8 Å². The van der Waals surface area contributed by atoms with Crippen molar-refractivity contribution in [3.63, 3.8) is 0 Å². The predicted octanol–water partition coefficient (Wildman–Crippen LogP) is -2.27. The molecule has 1 aliphatic heterocycles. The summed E-state index contributed by atoms with van der Waals surface area (Å²) < 4.78 is 6.40. The lowest BCUT2D eigenvalue weighted by Gasteiger charge is -2.15. The number of imidazole rings is 1. The van der Waals surface area contributed by atoms with Crippen molar-refractivity contribution in [1.82, 2.24) is 19.5 Å². The summed E-state index contributed by atoms with van der Waals surface area (Å²) in [5, 5.41) is 28.6. The van der Waals surface area contributed by atoms with E-state index in [2.05, 4.69) is 15.0 Å². The second kappa shape index (κ2) is 4.38. The third-order valence-corrected chi connectivity index (χ3v) is 3.15. The molecule has 0 aromatic carbocycles. The summed E-state index contributed by atoms with van der Waals surface area (Å²) in [6.07, 6.45) is -1.98. The van der Waals surface area contributed by atoms with Gasteiger partial charge in [-0.2, -0.15) is 0 Å². The van der Waals surface area contributed by atoms with E-state index in [-0.39, 0.29) is 5.65 Å². The van der Waals surface area contributed by atoms with E-state index in [4.69, 9.17) is 9.84 Å². The Balaban J connectivity index is 2.10. The maximum Gasteiger partial charge on any atom is 0.329 e. The molecule has 3 rings (SSSR count). The van der Waals surface area contributed by atoms with Gasteiger partial charge in [-0.25, -0.2) is 19.3 Å². The first-order chi connectivity index (χ1) is 9.13. The summed E-state index contributed by atoms with van der Waals surface area (Å²) in [6, 6.07) is 0. The van der Waals surface area contributed by atoms with Gasteiger partial charge in [0.2, 0.25) is 0 Å². The second-order valence-electron chi connectivity index (χ2n) is 4.29. The highest BCUT2D eigenvalue weighted by Gasteiger charge is 2.44. The van der Waals surface area contributed by atoms with Crippen LogP contribution >= 0.6 is 0 Å². The number of aromatic nitrogens is 4. The lowest BCUT2D eigenvalue weighted by molar-refractivity contribution is -0.0524. The van der Waals surface area contributed by atoms with Crippen LogP contribution in [-0.4, -0.2) is 59.8 Å². The van der Waals surface area contributed by atoms with Crippen LogP contribution in [0.3, 0.4) is 0 Å². The number of aromatic amines is 1. The number of fused-ring (bicyclic) bond motifs is 1. The highest BCUT2D eigenvalue weighted by molar-refractivity contribution is 5.68. The van der Waals surface area contributed by atoms with Crippen LogP contribution in [0.25, 0.3) is 11.2 Å². The zero-order valence-corrected chi connectivity index (χ0v) is 9.67. The fraction of sp³-hybridized carbons (Fsp3) is 0.500. The van der Waals surface area contributed by atoms with Gasteiger partial charge in [-0.15, -0.1) is 0 Å². The number of ether oxygens (including phenoxy) is 1. The van der Waals surface area contributed by atoms with Gasteiger partial charge in [-0.3, -0.25) is 0 Å². The molecule has 19 heavy (non-hydrogen) atoms. The van der Waals surface area contributed by atoms with Gasteiger partial charge in [-0.1, -0.05) is 0 Å². The Hall–Kier alpha value is -1.81. The molecule has 4 atom stereocenters. The van der Waals surface area contributed by atoms with E-state index in [0.717, 1.165) is 4.57 Å². The van der Waals surface area contributed by atoms with Crippen LogP contribution in [0.4, 0.5) is 0 Å². The van der Waals surface area contributed by atoms with Crippen molar-refractivity contribution in [3.8, 4) is 0 Å². The number of hydrogen-bond acceptors (Lipinski definition) is 7. The summed E-state index contributed by atoms with van der Waals surface area (Å²) in [4.78, 5) is 22.1. The van der Waals surface area contributed by atoms with Crippen LogP contribution in [0.1, 0.15) is 6.23 Å². The highest BCUT2D eigenvalue weighted by atomic mass is 16.6. The van der Waals surface area contributed by atoms with Gasteiger partial charge in [0.25, 0.3) is 0 Å². The Morgan fingerprint density at radius 1 is 1.42 bits per heavy atom. The van der Waals surface area contributed by atoms with Crippen molar-refractivity contribution in [2.24, 2.45) is 0 Å². The van der Waals surface area contributed by atoms with Gasteiger partial charge in [0, 0.05) is 0 Å². The molecule has 1 fully saturated rings. The van der Waals surface area contributed by atoms with Crippen LogP contribution in [-0.2, 0) is 4.74 Å². The lowest BCUT2D eigenvalue weighted by atomic mass is 10.1. The van der Waals surface area contributed by atoms with Crippen LogP contribution in [0.2, 0.25) is 0 Å². The molecule has 1 saturated heterocycles. The minimum Gasteiger partial charge on any atom is -0.394 e. The fourth-order valence-corrected chi connectivity index (χ4v) is 2.20. The Labute approximate surface area is 106 Å². The third kappa shape index (κ3) is 1.75. The summed E-state index contributed by atoms with van der Waals surface area (Å²) >= 11 is 0. The minimum absolute atomic E-state index is 0.259. The quantitative estimate of drug-likeness (QED) is 0.482. The van der Waals surface area contributed by atoms with Crippen molar-refractivity contribution in [2.45, 2.75) is 24.5 Å². The number of hydrogen-bond donors (Lipinski definition) is 4. The maximum absolute atomic E-state index is 11.9. The molecule has 102 valence electrons. The maximum atomic E-state index is 11.9. The molecular weight excluding hydrogens is 256 g/mol. The van der Waals surface area contributed by atoms with Crippen LogP contribution in [0, 0.1) is 0 Å². The third-order valence-electron chi connectivity index (χ3n) is 3.15. The Bertz CT molecular complexity index is 653. The van der Waals surface area contributed by atoms with Crippen molar-refractivity contribution >= 4 is 11.2 Å². The Morgan fingerprint density at radius 3 is 2.89 bits per heavy atom. The molecule has 0 amide bonds. The molecule has 0 radical (unpaired) electrons. The number of aliphatic hydroxyl groups excluding tert-OH is 3. The minimum atomic E-state index is -1.33.